The Balaban J connectivity index is 1.70. The van der Waals surface area contributed by atoms with Gasteiger partial charge in [0.1, 0.15) is 12.6 Å². The lowest BCUT2D eigenvalue weighted by Crippen LogP contribution is -2.39. The molecule has 0 saturated carbocycles. The van der Waals surface area contributed by atoms with Crippen LogP contribution in [0.5, 0.6) is 0 Å². The average molecular weight is 362 g/mol. The second-order valence-electron chi connectivity index (χ2n) is 5.76. The number of para-hydroxylation sites is 1. The second-order valence-corrected chi connectivity index (χ2v) is 5.76. The van der Waals surface area contributed by atoms with Crippen LogP contribution in [0.15, 0.2) is 54.6 Å². The van der Waals surface area contributed by atoms with Gasteiger partial charge in [-0.25, -0.2) is 9.69 Å². The molecule has 0 radical (unpaired) electrons. The summed E-state index contributed by atoms with van der Waals surface area (Å²) in [4.78, 5) is 50.2. The Morgan fingerprint density at radius 2 is 1.56 bits per heavy atom. The van der Waals surface area contributed by atoms with E-state index in [1.165, 1.54) is 12.1 Å². The van der Waals surface area contributed by atoms with Crippen molar-refractivity contribution in [3.05, 3.63) is 65.7 Å². The summed E-state index contributed by atoms with van der Waals surface area (Å²) >= 11 is 0. The van der Waals surface area contributed by atoms with Crippen molar-refractivity contribution in [3.8, 4) is 6.07 Å². The van der Waals surface area contributed by atoms with E-state index in [2.05, 4.69) is 5.32 Å². The first-order valence-corrected chi connectivity index (χ1v) is 8.01. The zero-order valence-electron chi connectivity index (χ0n) is 14.1. The summed E-state index contributed by atoms with van der Waals surface area (Å²) in [7, 11) is 0. The summed E-state index contributed by atoms with van der Waals surface area (Å²) < 4.78 is 0. The minimum absolute atomic E-state index is 0.0559. The normalized spacial score (nSPS) is 13.7. The van der Waals surface area contributed by atoms with E-state index in [0.717, 1.165) is 4.90 Å². The number of nitriles is 1. The molecule has 1 aliphatic rings. The predicted octanol–water partition coefficient (Wildman–Crippen LogP) is 1.49. The Morgan fingerprint density at radius 1 is 0.926 bits per heavy atom. The second kappa shape index (κ2) is 7.49. The number of imide groups is 2. The molecule has 2 aromatic carbocycles. The molecule has 2 aromatic rings. The van der Waals surface area contributed by atoms with Crippen LogP contribution in [0.4, 0.5) is 10.5 Å². The van der Waals surface area contributed by atoms with Crippen LogP contribution in [0.2, 0.25) is 0 Å². The van der Waals surface area contributed by atoms with Crippen molar-refractivity contribution in [2.75, 3.05) is 11.9 Å². The van der Waals surface area contributed by atoms with E-state index in [-0.39, 0.29) is 17.8 Å². The number of hydrogen-bond acceptors (Lipinski definition) is 5. The zero-order valence-corrected chi connectivity index (χ0v) is 14.1. The van der Waals surface area contributed by atoms with Crippen LogP contribution < -0.4 is 5.32 Å². The summed E-state index contributed by atoms with van der Waals surface area (Å²) in [6.07, 6.45) is 0. The van der Waals surface area contributed by atoms with E-state index in [9.17, 15) is 19.2 Å². The lowest BCUT2D eigenvalue weighted by atomic mass is 10.2. The van der Waals surface area contributed by atoms with Crippen molar-refractivity contribution < 1.29 is 19.2 Å². The van der Waals surface area contributed by atoms with Gasteiger partial charge in [-0.1, -0.05) is 42.5 Å². The number of urea groups is 1. The number of nitrogens with zero attached hydrogens (tertiary/aromatic N) is 3. The van der Waals surface area contributed by atoms with Gasteiger partial charge in [0.25, 0.3) is 0 Å². The molecule has 1 N–H and O–H groups in total. The molecule has 0 atom stereocenters. The Kier molecular flexibility index (Phi) is 4.95. The Bertz CT molecular complexity index is 965. The maximum Gasteiger partial charge on any atom is 0.335 e. The van der Waals surface area contributed by atoms with E-state index >= 15 is 0 Å². The van der Waals surface area contributed by atoms with E-state index in [4.69, 9.17) is 5.26 Å². The molecule has 8 nitrogen and oxygen atoms in total. The smallest absolute Gasteiger partial charge is 0.323 e. The van der Waals surface area contributed by atoms with Gasteiger partial charge >= 0.3 is 17.8 Å². The largest absolute Gasteiger partial charge is 0.335 e. The van der Waals surface area contributed by atoms with Gasteiger partial charge < -0.3 is 5.32 Å². The van der Waals surface area contributed by atoms with Crippen molar-refractivity contribution in [3.63, 3.8) is 0 Å². The SMILES string of the molecule is N#Cc1ccccc1NC(=O)CN1C(=O)C(=O)N(Cc2ccccc2)C1=O. The molecular formula is C19H14N4O4. The van der Waals surface area contributed by atoms with Gasteiger partial charge in [-0.05, 0) is 17.7 Å². The maximum absolute atomic E-state index is 12.4. The third-order valence-electron chi connectivity index (χ3n) is 3.94. The molecule has 0 aliphatic carbocycles. The van der Waals surface area contributed by atoms with Crippen LogP contribution in [0, 0.1) is 11.3 Å². The van der Waals surface area contributed by atoms with Crippen LogP contribution in [0.25, 0.3) is 0 Å². The lowest BCUT2D eigenvalue weighted by molar-refractivity contribution is -0.143. The average Bonchev–Trinajstić information content (AvgIpc) is 2.87. The zero-order chi connectivity index (χ0) is 19.4. The lowest BCUT2D eigenvalue weighted by Gasteiger charge is -2.15. The molecule has 1 heterocycles. The molecule has 1 fully saturated rings. The molecule has 8 heteroatoms. The quantitative estimate of drug-likeness (QED) is 0.640. The number of rotatable bonds is 5. The number of hydrogen-bond donors (Lipinski definition) is 1. The Morgan fingerprint density at radius 3 is 2.26 bits per heavy atom. The standard InChI is InChI=1S/C19H14N4O4/c20-10-14-8-4-5-9-15(14)21-16(24)12-23-18(26)17(25)22(19(23)27)11-13-6-2-1-3-7-13/h1-9H,11-12H2,(H,21,24). The molecule has 134 valence electrons. The third kappa shape index (κ3) is 3.67. The topological polar surface area (TPSA) is 111 Å². The van der Waals surface area contributed by atoms with E-state index in [0.29, 0.717) is 10.5 Å². The van der Waals surface area contributed by atoms with Gasteiger partial charge in [-0.15, -0.1) is 0 Å². The molecule has 5 amide bonds. The van der Waals surface area contributed by atoms with Crippen LogP contribution in [-0.4, -0.2) is 40.1 Å². The number of carbonyl (C=O) groups is 4. The molecule has 1 aliphatic heterocycles. The number of benzene rings is 2. The van der Waals surface area contributed by atoms with E-state index < -0.39 is 30.3 Å². The van der Waals surface area contributed by atoms with Gasteiger partial charge in [0.2, 0.25) is 5.91 Å². The number of amides is 5. The van der Waals surface area contributed by atoms with Crippen molar-refractivity contribution >= 4 is 29.4 Å². The number of anilines is 1. The highest BCUT2D eigenvalue weighted by molar-refractivity contribution is 6.45. The van der Waals surface area contributed by atoms with Gasteiger partial charge in [-0.3, -0.25) is 19.3 Å². The fourth-order valence-corrected chi connectivity index (χ4v) is 2.62. The summed E-state index contributed by atoms with van der Waals surface area (Å²) in [6, 6.07) is 16.1. The molecule has 0 unspecified atom stereocenters. The molecule has 0 bridgehead atoms. The van der Waals surface area contributed by atoms with E-state index in [1.54, 1.807) is 42.5 Å². The van der Waals surface area contributed by atoms with Crippen molar-refractivity contribution in [2.24, 2.45) is 0 Å². The molecule has 0 aromatic heterocycles. The maximum atomic E-state index is 12.4. The van der Waals surface area contributed by atoms with Crippen LogP contribution >= 0.6 is 0 Å². The number of carbonyl (C=O) groups excluding carboxylic acids is 4. The highest BCUT2D eigenvalue weighted by atomic mass is 16.2. The van der Waals surface area contributed by atoms with Gasteiger partial charge in [-0.2, -0.15) is 5.26 Å². The van der Waals surface area contributed by atoms with Crippen LogP contribution in [0.3, 0.4) is 0 Å². The molecule has 1 saturated heterocycles. The summed E-state index contributed by atoms with van der Waals surface area (Å²) in [5.41, 5.74) is 1.18. The van der Waals surface area contributed by atoms with Gasteiger partial charge in [0.15, 0.2) is 0 Å². The molecular weight excluding hydrogens is 348 g/mol. The molecule has 27 heavy (non-hydrogen) atoms. The van der Waals surface area contributed by atoms with Crippen LogP contribution in [-0.2, 0) is 20.9 Å². The predicted molar refractivity (Wildman–Crippen MR) is 93.9 cm³/mol. The van der Waals surface area contributed by atoms with Crippen molar-refractivity contribution in [2.45, 2.75) is 6.54 Å². The monoisotopic (exact) mass is 362 g/mol. The first-order valence-electron chi connectivity index (χ1n) is 8.01. The minimum Gasteiger partial charge on any atom is -0.323 e. The van der Waals surface area contributed by atoms with E-state index in [1.807, 2.05) is 6.07 Å². The third-order valence-corrected chi connectivity index (χ3v) is 3.94. The summed E-state index contributed by atoms with van der Waals surface area (Å²) in [5, 5.41) is 11.5. The Labute approximate surface area is 154 Å². The minimum atomic E-state index is -1.06. The Hall–Kier alpha value is -3.99. The molecule has 3 rings (SSSR count). The van der Waals surface area contributed by atoms with Crippen molar-refractivity contribution in [1.29, 1.82) is 5.26 Å². The van der Waals surface area contributed by atoms with Crippen LogP contribution in [0.1, 0.15) is 11.1 Å². The fourth-order valence-electron chi connectivity index (χ4n) is 2.62. The highest BCUT2D eigenvalue weighted by Crippen LogP contribution is 2.17. The first kappa shape index (κ1) is 17.8. The van der Waals surface area contributed by atoms with Gasteiger partial charge in [0, 0.05) is 0 Å². The first-order chi connectivity index (χ1) is 13.0. The fraction of sp³-hybridized carbons (Fsp3) is 0.105. The van der Waals surface area contributed by atoms with Gasteiger partial charge in [0.05, 0.1) is 17.8 Å². The molecule has 0 spiro atoms. The van der Waals surface area contributed by atoms with Crippen molar-refractivity contribution in [1.82, 2.24) is 9.80 Å². The summed E-state index contributed by atoms with van der Waals surface area (Å²) in [6.45, 7) is -0.673. The number of nitrogens with one attached hydrogen (secondary N) is 1. The highest BCUT2D eigenvalue weighted by Gasteiger charge is 2.45. The summed E-state index contributed by atoms with van der Waals surface area (Å²) in [5.74, 6) is -2.72.